The third kappa shape index (κ3) is 9.16. The molecule has 0 aliphatic carbocycles. The second-order valence-corrected chi connectivity index (χ2v) is 9.15. The zero-order valence-corrected chi connectivity index (χ0v) is 21.4. The van der Waals surface area contributed by atoms with Crippen LogP contribution >= 0.6 is 0 Å². The number of aromatic amines is 1. The maximum Gasteiger partial charge on any atom is 0.326 e. The molecular weight excluding hydrogens is 494 g/mol. The van der Waals surface area contributed by atoms with Crippen molar-refractivity contribution in [1.82, 2.24) is 20.9 Å². The van der Waals surface area contributed by atoms with Gasteiger partial charge in [0, 0.05) is 29.9 Å². The number of nitrogens with one attached hydrogen (secondary N) is 4. The van der Waals surface area contributed by atoms with Crippen molar-refractivity contribution >= 4 is 40.5 Å². The van der Waals surface area contributed by atoms with Gasteiger partial charge in [-0.25, -0.2) is 4.79 Å². The Morgan fingerprint density at radius 1 is 0.947 bits per heavy atom. The lowest BCUT2D eigenvalue weighted by atomic mass is 10.0. The van der Waals surface area contributed by atoms with Gasteiger partial charge in [0.05, 0.1) is 6.04 Å². The molecule has 0 radical (unpaired) electrons. The molecule has 208 valence electrons. The lowest BCUT2D eigenvalue weighted by molar-refractivity contribution is -0.142. The molecule has 0 bridgehead atoms. The highest BCUT2D eigenvalue weighted by atomic mass is 16.4. The molecule has 0 aliphatic heterocycles. The molecule has 2 aromatic rings. The first kappa shape index (κ1) is 30.3. The van der Waals surface area contributed by atoms with Crippen LogP contribution in [0.2, 0.25) is 0 Å². The van der Waals surface area contributed by atoms with E-state index in [-0.39, 0.29) is 19.3 Å². The molecule has 1 aromatic heterocycles. The van der Waals surface area contributed by atoms with Crippen LogP contribution < -0.4 is 33.2 Å². The lowest BCUT2D eigenvalue weighted by Crippen LogP contribution is -2.57. The zero-order valence-electron chi connectivity index (χ0n) is 21.4. The topological polar surface area (TPSA) is 236 Å². The predicted octanol–water partition coefficient (Wildman–Crippen LogP) is -1.01. The van der Waals surface area contributed by atoms with E-state index in [1.54, 1.807) is 6.20 Å². The number of aromatic nitrogens is 1. The average Bonchev–Trinajstić information content (AvgIpc) is 3.28. The molecule has 1 heterocycles. The van der Waals surface area contributed by atoms with Gasteiger partial charge in [0.2, 0.25) is 23.6 Å². The third-order valence-corrected chi connectivity index (χ3v) is 6.08. The van der Waals surface area contributed by atoms with Crippen LogP contribution in [0.25, 0.3) is 10.9 Å². The molecule has 0 saturated carbocycles. The summed E-state index contributed by atoms with van der Waals surface area (Å²) in [4.78, 5) is 64.4. The van der Waals surface area contributed by atoms with Gasteiger partial charge in [-0.2, -0.15) is 0 Å². The smallest absolute Gasteiger partial charge is 0.326 e. The van der Waals surface area contributed by atoms with Crippen molar-refractivity contribution in [1.29, 1.82) is 0 Å². The van der Waals surface area contributed by atoms with Crippen molar-refractivity contribution in [2.45, 2.75) is 69.6 Å². The van der Waals surface area contributed by atoms with Gasteiger partial charge in [-0.1, -0.05) is 24.6 Å². The fourth-order valence-electron chi connectivity index (χ4n) is 3.87. The molecule has 13 nitrogen and oxygen atoms in total. The van der Waals surface area contributed by atoms with Crippen LogP contribution in [0.4, 0.5) is 0 Å². The first-order valence-electron chi connectivity index (χ1n) is 12.5. The summed E-state index contributed by atoms with van der Waals surface area (Å²) in [6, 6.07) is 2.96. The number of carbonyl (C=O) groups is 5. The van der Waals surface area contributed by atoms with Gasteiger partial charge < -0.3 is 43.2 Å². The number of fused-ring (bicyclic) bond motifs is 1. The number of carbonyl (C=O) groups excluding carboxylic acids is 4. The third-order valence-electron chi connectivity index (χ3n) is 6.08. The van der Waals surface area contributed by atoms with Crippen molar-refractivity contribution in [3.05, 3.63) is 36.0 Å². The number of H-pyrrole nitrogens is 1. The second-order valence-electron chi connectivity index (χ2n) is 9.15. The second kappa shape index (κ2) is 14.7. The molecule has 2 rings (SSSR count). The Morgan fingerprint density at radius 2 is 1.63 bits per heavy atom. The van der Waals surface area contributed by atoms with E-state index in [1.807, 2.05) is 24.3 Å². The maximum atomic E-state index is 13.2. The number of benzene rings is 1. The number of hydrogen-bond donors (Lipinski definition) is 8. The van der Waals surface area contributed by atoms with E-state index in [0.717, 1.165) is 17.3 Å². The molecule has 0 aliphatic rings. The molecule has 4 unspecified atom stereocenters. The summed E-state index contributed by atoms with van der Waals surface area (Å²) in [5.41, 5.74) is 18.0. The minimum atomic E-state index is -1.39. The Balaban J connectivity index is 2.17. The van der Waals surface area contributed by atoms with Crippen LogP contribution in [-0.4, -0.2) is 70.4 Å². The fraction of sp³-hybridized carbons (Fsp3) is 0.480. The number of primary amides is 1. The van der Waals surface area contributed by atoms with E-state index < -0.39 is 53.8 Å². The number of unbranched alkanes of at least 4 members (excludes halogenated alkanes) is 1. The number of rotatable bonds is 16. The summed E-state index contributed by atoms with van der Waals surface area (Å²) in [5, 5.41) is 17.8. The van der Waals surface area contributed by atoms with E-state index in [0.29, 0.717) is 24.9 Å². The zero-order chi connectivity index (χ0) is 28.2. The number of para-hydroxylation sites is 1. The Hall–Kier alpha value is -3.97. The van der Waals surface area contributed by atoms with Crippen LogP contribution in [-0.2, 0) is 30.4 Å². The molecule has 0 spiro atoms. The van der Waals surface area contributed by atoms with Crippen molar-refractivity contribution in [2.24, 2.45) is 17.2 Å². The Bertz CT molecular complexity index is 1130. The quantitative estimate of drug-likeness (QED) is 0.125. The van der Waals surface area contributed by atoms with E-state index >= 15 is 0 Å². The number of amides is 4. The fourth-order valence-corrected chi connectivity index (χ4v) is 3.87. The molecule has 0 fully saturated rings. The van der Waals surface area contributed by atoms with Crippen molar-refractivity contribution < 1.29 is 29.1 Å². The molecule has 13 heteroatoms. The van der Waals surface area contributed by atoms with Crippen LogP contribution in [0.15, 0.2) is 30.5 Å². The molecule has 38 heavy (non-hydrogen) atoms. The van der Waals surface area contributed by atoms with Crippen LogP contribution in [0, 0.1) is 0 Å². The predicted molar refractivity (Wildman–Crippen MR) is 140 cm³/mol. The average molecular weight is 532 g/mol. The largest absolute Gasteiger partial charge is 0.480 e. The van der Waals surface area contributed by atoms with Crippen LogP contribution in [0.5, 0.6) is 0 Å². The van der Waals surface area contributed by atoms with Gasteiger partial charge in [0.15, 0.2) is 0 Å². The molecule has 0 saturated heterocycles. The molecular formula is C25H37N7O6. The van der Waals surface area contributed by atoms with Gasteiger partial charge in [0.1, 0.15) is 18.1 Å². The Labute approximate surface area is 220 Å². The van der Waals surface area contributed by atoms with Crippen molar-refractivity contribution in [3.8, 4) is 0 Å². The molecule has 1 aromatic carbocycles. The normalized spacial score (nSPS) is 14.2. The number of aliphatic carboxylic acids is 1. The summed E-state index contributed by atoms with van der Waals surface area (Å²) >= 11 is 0. The van der Waals surface area contributed by atoms with Crippen molar-refractivity contribution in [2.75, 3.05) is 6.54 Å². The van der Waals surface area contributed by atoms with Gasteiger partial charge in [-0.15, -0.1) is 0 Å². The molecule has 11 N–H and O–H groups in total. The van der Waals surface area contributed by atoms with Gasteiger partial charge >= 0.3 is 5.97 Å². The summed E-state index contributed by atoms with van der Waals surface area (Å²) in [6.45, 7) is 1.94. The highest BCUT2D eigenvalue weighted by Crippen LogP contribution is 2.19. The van der Waals surface area contributed by atoms with Crippen LogP contribution in [0.1, 0.15) is 44.6 Å². The molecule has 4 amide bonds. The summed E-state index contributed by atoms with van der Waals surface area (Å²) in [7, 11) is 0. The van der Waals surface area contributed by atoms with E-state index in [9.17, 15) is 29.1 Å². The maximum absolute atomic E-state index is 13.2. The molecule has 4 atom stereocenters. The summed E-state index contributed by atoms with van der Waals surface area (Å²) in [6.07, 6.45) is 3.07. The van der Waals surface area contributed by atoms with Crippen molar-refractivity contribution in [3.63, 3.8) is 0 Å². The first-order chi connectivity index (χ1) is 18.0. The highest BCUT2D eigenvalue weighted by Gasteiger charge is 2.29. The number of carboxylic acid groups (broad SMARTS) is 1. The standard InChI is InChI=1S/C25H37N7O6/c1-14(30-23(35)17(27)7-4-5-11-26)22(34)32-20(12-15-13-29-18-8-3-2-6-16(15)18)24(36)31-19(25(37)38)9-10-21(28)33/h2-3,6,8,13-14,17,19-20,29H,4-5,7,9-12,26-27H2,1H3,(H2,28,33)(H,30,35)(H,31,36)(H,32,34)(H,37,38). The van der Waals surface area contributed by atoms with E-state index in [4.69, 9.17) is 17.2 Å². The summed E-state index contributed by atoms with van der Waals surface area (Å²) < 4.78 is 0. The lowest BCUT2D eigenvalue weighted by Gasteiger charge is -2.24. The minimum Gasteiger partial charge on any atom is -0.480 e. The first-order valence-corrected chi connectivity index (χ1v) is 12.5. The van der Waals surface area contributed by atoms with E-state index in [1.165, 1.54) is 6.92 Å². The Morgan fingerprint density at radius 3 is 2.29 bits per heavy atom. The SMILES string of the molecule is CC(NC(=O)C(N)CCCCN)C(=O)NC(Cc1c[nH]c2ccccc12)C(=O)NC(CCC(N)=O)C(=O)O. The van der Waals surface area contributed by atoms with Gasteiger partial charge in [-0.05, 0) is 44.4 Å². The number of nitrogens with two attached hydrogens (primary N) is 3. The van der Waals surface area contributed by atoms with E-state index in [2.05, 4.69) is 20.9 Å². The minimum absolute atomic E-state index is 0.0308. The summed E-state index contributed by atoms with van der Waals surface area (Å²) in [5.74, 6) is -3.99. The van der Waals surface area contributed by atoms with Crippen LogP contribution in [0.3, 0.4) is 0 Å². The Kier molecular flexibility index (Phi) is 11.7. The van der Waals surface area contributed by atoms with Gasteiger partial charge in [-0.3, -0.25) is 19.2 Å². The van der Waals surface area contributed by atoms with Gasteiger partial charge in [0.25, 0.3) is 0 Å². The highest BCUT2D eigenvalue weighted by molar-refractivity contribution is 5.94. The monoisotopic (exact) mass is 531 g/mol. The number of hydrogen-bond acceptors (Lipinski definition) is 7. The number of carboxylic acids is 1.